The molecule has 0 saturated heterocycles. The van der Waals surface area contributed by atoms with Crippen molar-refractivity contribution in [1.82, 2.24) is 0 Å². The lowest BCUT2D eigenvalue weighted by atomic mass is 9.85. The summed E-state index contributed by atoms with van der Waals surface area (Å²) in [5, 5.41) is 30.4. The van der Waals surface area contributed by atoms with Crippen LogP contribution in [0.1, 0.15) is 41.9 Å². The van der Waals surface area contributed by atoms with Crippen molar-refractivity contribution < 1.29 is 60.0 Å². The van der Waals surface area contributed by atoms with E-state index in [1.807, 2.05) is 54.6 Å². The lowest BCUT2D eigenvalue weighted by Gasteiger charge is -2.18. The van der Waals surface area contributed by atoms with Gasteiger partial charge in [-0.1, -0.05) is 36.4 Å². The van der Waals surface area contributed by atoms with E-state index in [0.29, 0.717) is 29.9 Å². The molecule has 0 fully saturated rings. The van der Waals surface area contributed by atoms with E-state index in [4.69, 9.17) is 55.8 Å². The first kappa shape index (κ1) is 50.3. The topological polar surface area (TPSA) is 311 Å². The van der Waals surface area contributed by atoms with E-state index in [-0.39, 0.29) is 34.9 Å². The Hall–Kier alpha value is -5.70. The van der Waals surface area contributed by atoms with Crippen LogP contribution in [0.2, 0.25) is 0 Å². The molecule has 1 unspecified atom stereocenters. The Kier molecular flexibility index (Phi) is 22.8. The van der Waals surface area contributed by atoms with Gasteiger partial charge in [-0.25, -0.2) is 0 Å². The van der Waals surface area contributed by atoms with Crippen molar-refractivity contribution in [2.75, 3.05) is 45.0 Å². The molecule has 1 aliphatic carbocycles. The van der Waals surface area contributed by atoms with Crippen molar-refractivity contribution in [3.05, 3.63) is 132 Å². The highest BCUT2D eigenvalue weighted by Crippen LogP contribution is 2.29. The van der Waals surface area contributed by atoms with E-state index in [0.717, 1.165) is 36.3 Å². The normalized spacial score (nSPS) is 12.6. The minimum absolute atomic E-state index is 0.0579. The zero-order valence-corrected chi connectivity index (χ0v) is 33.5. The number of aliphatic hydroxyl groups excluding tert-OH is 2. The monoisotopic (exact) mass is 846 g/mol. The molecule has 0 aliphatic heterocycles. The smallest absolute Gasteiger partial charge is 0.267 e. The molecule has 316 valence electrons. The molecule has 3 aromatic carbocycles. The highest BCUT2D eigenvalue weighted by molar-refractivity contribution is 7.86. The third-order valence-corrected chi connectivity index (χ3v) is 8.78. The van der Waals surface area contributed by atoms with Crippen LogP contribution in [-0.4, -0.2) is 104 Å². The number of carbonyl (C=O) groups excluding carboxylic acids is 2. The minimum atomic E-state index is -3.92. The van der Waals surface area contributed by atoms with Gasteiger partial charge in [0.15, 0.2) is 11.5 Å². The number of rotatable bonds is 18. The second-order valence-corrected chi connectivity index (χ2v) is 15.0. The van der Waals surface area contributed by atoms with E-state index < -0.39 is 45.0 Å². The minimum Gasteiger partial charge on any atom is -0.494 e. The Labute approximate surface area is 338 Å². The average Bonchev–Trinajstić information content (AvgIpc) is 3.16. The Bertz CT molecular complexity index is 1980. The number of methoxy groups -OCH3 is 1. The van der Waals surface area contributed by atoms with Crippen molar-refractivity contribution in [3.63, 3.8) is 0 Å². The maximum Gasteiger partial charge on any atom is 0.267 e. The van der Waals surface area contributed by atoms with Crippen molar-refractivity contribution >= 4 is 43.5 Å². The number of nitrogens with two attached hydrogens (primary N) is 2. The van der Waals surface area contributed by atoms with Gasteiger partial charge in [-0.2, -0.15) is 16.8 Å². The van der Waals surface area contributed by atoms with Gasteiger partial charge >= 0.3 is 0 Å². The van der Waals surface area contributed by atoms with Crippen LogP contribution in [0.5, 0.6) is 11.5 Å². The van der Waals surface area contributed by atoms with Crippen LogP contribution in [-0.2, 0) is 34.6 Å². The number of nitrogen functional groups attached to an aromatic ring is 2. The van der Waals surface area contributed by atoms with Crippen LogP contribution in [0.3, 0.4) is 0 Å². The predicted octanol–water partition coefficient (Wildman–Crippen LogP) is 3.18. The van der Waals surface area contributed by atoms with Crippen molar-refractivity contribution in [2.45, 2.75) is 25.2 Å². The zero-order chi connectivity index (χ0) is 43.7. The van der Waals surface area contributed by atoms with Crippen LogP contribution < -0.4 is 20.9 Å². The molecule has 1 atom stereocenters. The van der Waals surface area contributed by atoms with Gasteiger partial charge in [-0.15, -0.1) is 6.58 Å². The van der Waals surface area contributed by atoms with Crippen molar-refractivity contribution in [3.8, 4) is 11.5 Å². The number of ether oxygens (including phenoxy) is 3. The summed E-state index contributed by atoms with van der Waals surface area (Å²) in [5.41, 5.74) is 13.6. The molecule has 0 saturated carbocycles. The number of ketones is 2. The van der Waals surface area contributed by atoms with Crippen LogP contribution in [0.15, 0.2) is 115 Å². The van der Waals surface area contributed by atoms with Gasteiger partial charge in [0.1, 0.15) is 23.2 Å². The molecule has 0 aromatic heterocycles. The van der Waals surface area contributed by atoms with E-state index in [2.05, 4.69) is 6.58 Å². The molecule has 19 heteroatoms. The molecule has 0 amide bonds. The first-order valence-electron chi connectivity index (χ1n) is 17.4. The van der Waals surface area contributed by atoms with Crippen LogP contribution >= 0.6 is 0 Å². The summed E-state index contributed by atoms with van der Waals surface area (Å²) in [4.78, 5) is 23.8. The average molecular weight is 847 g/mol. The highest BCUT2D eigenvalue weighted by Gasteiger charge is 2.26. The fourth-order valence-corrected chi connectivity index (χ4v) is 4.98. The van der Waals surface area contributed by atoms with Gasteiger partial charge in [0.25, 0.3) is 20.2 Å². The number of hydrogen-bond acceptors (Lipinski definition) is 13. The zero-order valence-electron chi connectivity index (χ0n) is 31.8. The van der Waals surface area contributed by atoms with Gasteiger partial charge in [0, 0.05) is 28.7 Å². The molecule has 0 spiro atoms. The van der Waals surface area contributed by atoms with E-state index in [9.17, 15) is 26.4 Å². The number of unbranched alkanes of at least 4 members (excludes halogenated alkanes) is 2. The van der Waals surface area contributed by atoms with Gasteiger partial charge in [-0.3, -0.25) is 29.5 Å². The number of hydrogen-bond donors (Lipinski definition) is 8. The molecule has 4 rings (SSSR count). The first-order chi connectivity index (χ1) is 27.3. The molecule has 58 heavy (non-hydrogen) atoms. The second kappa shape index (κ2) is 26.3. The van der Waals surface area contributed by atoms with Crippen LogP contribution in [0, 0.1) is 10.8 Å². The Balaban J connectivity index is 0.000000445. The summed E-state index contributed by atoms with van der Waals surface area (Å²) in [6.45, 7) is 3.99. The van der Waals surface area contributed by atoms with Crippen molar-refractivity contribution in [2.24, 2.45) is 11.5 Å². The Morgan fingerprint density at radius 1 is 0.707 bits per heavy atom. The fraction of sp³-hybridized carbons (Fsp3) is 0.282. The third-order valence-electron chi connectivity index (χ3n) is 7.38. The predicted molar refractivity (Wildman–Crippen MR) is 219 cm³/mol. The summed E-state index contributed by atoms with van der Waals surface area (Å²) < 4.78 is 70.3. The lowest BCUT2D eigenvalue weighted by Crippen LogP contribution is -2.18. The van der Waals surface area contributed by atoms with E-state index in [1.165, 1.54) is 19.3 Å². The SMILES string of the molecule is C=CC(C1=CC(=O)C(OC)=CC1=O)c1ccccc1.N=C(N)c1ccc(OCCCCCOc2ccc(C(=N)N)cc2)cc1.O=S(=O)(O)CCO.O=S(=O)(O)CCO. The standard InChI is InChI=1S/C19H24N4O2.C16H14O3.2C2H6O4S/c20-18(21)14-4-8-16(9-5-14)24-12-2-1-3-13-25-17-10-6-15(7-11-17)19(22)23;1-3-12(11-7-5-4-6-8-11)13-9-15(18)16(19-2)10-14(13)17;2*3-1-2-7(4,5)6/h4-11H,1-3,12-13H2,(H3,20,21)(H3,22,23);3-10,12H,1H2,2H3;2*3H,1-2H2,(H,4,5,6). The summed E-state index contributed by atoms with van der Waals surface area (Å²) >= 11 is 0. The maximum absolute atomic E-state index is 12.1. The largest absolute Gasteiger partial charge is 0.494 e. The summed E-state index contributed by atoms with van der Waals surface area (Å²) in [6.07, 6.45) is 7.13. The van der Waals surface area contributed by atoms with Crippen LogP contribution in [0.4, 0.5) is 0 Å². The molecular weight excluding hydrogens is 797 g/mol. The van der Waals surface area contributed by atoms with Crippen LogP contribution in [0.25, 0.3) is 0 Å². The van der Waals surface area contributed by atoms with Gasteiger partial charge in [0.05, 0.1) is 45.0 Å². The number of aliphatic hydroxyl groups is 2. The lowest BCUT2D eigenvalue weighted by molar-refractivity contribution is -0.117. The summed E-state index contributed by atoms with van der Waals surface area (Å²) in [5.74, 6) is -0.189. The molecule has 10 N–H and O–H groups in total. The summed E-state index contributed by atoms with van der Waals surface area (Å²) in [6, 6.07) is 23.9. The fourth-order valence-electron chi connectivity index (χ4n) is 4.52. The molecule has 0 bridgehead atoms. The molecular formula is C39H50N4O13S2. The van der Waals surface area contributed by atoms with E-state index >= 15 is 0 Å². The van der Waals surface area contributed by atoms with Gasteiger partial charge in [0.2, 0.25) is 5.78 Å². The van der Waals surface area contributed by atoms with Gasteiger partial charge < -0.3 is 35.9 Å². The number of nitrogens with one attached hydrogen (secondary N) is 2. The molecule has 3 aromatic rings. The Morgan fingerprint density at radius 3 is 1.47 bits per heavy atom. The number of carbonyl (C=O) groups is 2. The number of amidine groups is 2. The first-order valence-corrected chi connectivity index (χ1v) is 20.6. The quantitative estimate of drug-likeness (QED) is 0.0228. The highest BCUT2D eigenvalue weighted by atomic mass is 32.2. The second-order valence-electron chi connectivity index (χ2n) is 11.8. The molecule has 0 heterocycles. The molecule has 1 aliphatic rings. The van der Waals surface area contributed by atoms with Crippen molar-refractivity contribution in [1.29, 1.82) is 10.8 Å². The molecule has 0 radical (unpaired) electrons. The third kappa shape index (κ3) is 21.0. The Morgan fingerprint density at radius 2 is 1.14 bits per heavy atom. The number of allylic oxidation sites excluding steroid dienone is 4. The summed E-state index contributed by atoms with van der Waals surface area (Å²) in [7, 11) is -6.48. The molecule has 17 nitrogen and oxygen atoms in total. The maximum atomic E-state index is 12.1. The van der Waals surface area contributed by atoms with E-state index in [1.54, 1.807) is 30.3 Å². The number of benzene rings is 3. The van der Waals surface area contributed by atoms with Gasteiger partial charge in [-0.05, 0) is 79.4 Å².